The van der Waals surface area contributed by atoms with E-state index in [0.29, 0.717) is 11.8 Å². The Hall–Kier alpha value is -0.690. The molecule has 0 aliphatic carbocycles. The number of halogens is 4. The molecule has 0 aromatic carbocycles. The first-order chi connectivity index (χ1) is 8.95. The molecule has 1 aliphatic rings. The fourth-order valence-electron chi connectivity index (χ4n) is 1.82. The molecular formula is C11H13ClF3N3S. The third kappa shape index (κ3) is 4.42. The second-order valence-electron chi connectivity index (χ2n) is 4.27. The first kappa shape index (κ1) is 14.7. The van der Waals surface area contributed by atoms with E-state index in [1.807, 2.05) is 11.8 Å². The van der Waals surface area contributed by atoms with Crippen LogP contribution >= 0.6 is 23.4 Å². The fourth-order valence-corrected chi connectivity index (χ4v) is 3.24. The Balaban J connectivity index is 2.01. The van der Waals surface area contributed by atoms with Crippen LogP contribution in [0.3, 0.4) is 0 Å². The molecule has 1 N–H and O–H groups in total. The van der Waals surface area contributed by atoms with Gasteiger partial charge in [-0.2, -0.15) is 24.9 Å². The first-order valence-electron chi connectivity index (χ1n) is 5.92. The summed E-state index contributed by atoms with van der Waals surface area (Å²) in [6.45, 7) is 0.593. The summed E-state index contributed by atoms with van der Waals surface area (Å²) in [7, 11) is 0. The SMILES string of the molecule is FC(F)(F)c1nc(Cl)cc(NCC2CCCCS2)n1. The van der Waals surface area contributed by atoms with Crippen LogP contribution in [0.5, 0.6) is 0 Å². The monoisotopic (exact) mass is 311 g/mol. The number of thioether (sulfide) groups is 1. The van der Waals surface area contributed by atoms with E-state index in [9.17, 15) is 13.2 Å². The van der Waals surface area contributed by atoms with Crippen LogP contribution in [0.4, 0.5) is 19.0 Å². The Morgan fingerprint density at radius 2 is 2.16 bits per heavy atom. The zero-order valence-corrected chi connectivity index (χ0v) is 11.6. The van der Waals surface area contributed by atoms with E-state index in [1.165, 1.54) is 12.5 Å². The molecule has 1 atom stereocenters. The van der Waals surface area contributed by atoms with Crippen LogP contribution in [0.25, 0.3) is 0 Å². The van der Waals surface area contributed by atoms with Crippen molar-refractivity contribution in [3.8, 4) is 0 Å². The molecule has 1 fully saturated rings. The lowest BCUT2D eigenvalue weighted by Gasteiger charge is -2.21. The molecule has 19 heavy (non-hydrogen) atoms. The molecule has 1 aromatic rings. The van der Waals surface area contributed by atoms with Crippen molar-refractivity contribution in [2.24, 2.45) is 0 Å². The lowest BCUT2D eigenvalue weighted by Crippen LogP contribution is -2.21. The molecule has 0 spiro atoms. The second-order valence-corrected chi connectivity index (χ2v) is 6.06. The quantitative estimate of drug-likeness (QED) is 0.861. The average molecular weight is 312 g/mol. The summed E-state index contributed by atoms with van der Waals surface area (Å²) >= 11 is 7.42. The van der Waals surface area contributed by atoms with E-state index in [0.717, 1.165) is 18.6 Å². The highest BCUT2D eigenvalue weighted by atomic mass is 35.5. The smallest absolute Gasteiger partial charge is 0.369 e. The van der Waals surface area contributed by atoms with Gasteiger partial charge in [-0.25, -0.2) is 9.97 Å². The van der Waals surface area contributed by atoms with E-state index >= 15 is 0 Å². The van der Waals surface area contributed by atoms with E-state index in [4.69, 9.17) is 11.6 Å². The van der Waals surface area contributed by atoms with Crippen molar-refractivity contribution in [1.82, 2.24) is 9.97 Å². The van der Waals surface area contributed by atoms with Gasteiger partial charge in [0.15, 0.2) is 0 Å². The van der Waals surface area contributed by atoms with Gasteiger partial charge in [0.2, 0.25) is 5.82 Å². The van der Waals surface area contributed by atoms with Crippen molar-refractivity contribution in [2.75, 3.05) is 17.6 Å². The molecule has 2 heterocycles. The highest BCUT2D eigenvalue weighted by Crippen LogP contribution is 2.29. The molecule has 8 heteroatoms. The maximum Gasteiger partial charge on any atom is 0.451 e. The molecule has 1 saturated heterocycles. The van der Waals surface area contributed by atoms with Gasteiger partial charge in [0.25, 0.3) is 0 Å². The van der Waals surface area contributed by atoms with Gasteiger partial charge < -0.3 is 5.32 Å². The van der Waals surface area contributed by atoms with E-state index in [1.54, 1.807) is 0 Å². The number of nitrogens with one attached hydrogen (secondary N) is 1. The fraction of sp³-hybridized carbons (Fsp3) is 0.636. The minimum absolute atomic E-state index is 0.124. The summed E-state index contributed by atoms with van der Waals surface area (Å²) in [6, 6.07) is 1.31. The van der Waals surface area contributed by atoms with Gasteiger partial charge in [-0.1, -0.05) is 18.0 Å². The van der Waals surface area contributed by atoms with Crippen LogP contribution in [0.15, 0.2) is 6.07 Å². The number of hydrogen-bond donors (Lipinski definition) is 1. The van der Waals surface area contributed by atoms with Crippen molar-refractivity contribution in [1.29, 1.82) is 0 Å². The normalized spacial score (nSPS) is 20.3. The Labute approximate surface area is 118 Å². The van der Waals surface area contributed by atoms with Crippen molar-refractivity contribution >= 4 is 29.2 Å². The maximum absolute atomic E-state index is 12.5. The van der Waals surface area contributed by atoms with Gasteiger partial charge in [0.05, 0.1) is 0 Å². The molecule has 3 nitrogen and oxygen atoms in total. The van der Waals surface area contributed by atoms with Crippen molar-refractivity contribution in [3.63, 3.8) is 0 Å². The molecule has 0 radical (unpaired) electrons. The average Bonchev–Trinajstić information content (AvgIpc) is 2.36. The number of nitrogens with zero attached hydrogens (tertiary/aromatic N) is 2. The number of alkyl halides is 3. The number of rotatable bonds is 3. The van der Waals surface area contributed by atoms with E-state index < -0.39 is 12.0 Å². The van der Waals surface area contributed by atoms with Crippen LogP contribution < -0.4 is 5.32 Å². The molecule has 2 rings (SSSR count). The Morgan fingerprint density at radius 1 is 1.37 bits per heavy atom. The Morgan fingerprint density at radius 3 is 2.79 bits per heavy atom. The van der Waals surface area contributed by atoms with E-state index in [-0.39, 0.29) is 11.0 Å². The van der Waals surface area contributed by atoms with Gasteiger partial charge in [-0.3, -0.25) is 0 Å². The zero-order chi connectivity index (χ0) is 13.9. The molecule has 0 saturated carbocycles. The maximum atomic E-state index is 12.5. The van der Waals surface area contributed by atoms with Gasteiger partial charge in [0, 0.05) is 17.9 Å². The highest BCUT2D eigenvalue weighted by molar-refractivity contribution is 7.99. The first-order valence-corrected chi connectivity index (χ1v) is 7.35. The van der Waals surface area contributed by atoms with Crippen molar-refractivity contribution in [2.45, 2.75) is 30.7 Å². The van der Waals surface area contributed by atoms with Gasteiger partial charge in [-0.05, 0) is 18.6 Å². The minimum Gasteiger partial charge on any atom is -0.369 e. The van der Waals surface area contributed by atoms with Crippen LogP contribution in [0.2, 0.25) is 5.15 Å². The minimum atomic E-state index is -4.58. The summed E-state index contributed by atoms with van der Waals surface area (Å²) in [5, 5.41) is 3.12. The molecule has 1 aliphatic heterocycles. The molecule has 0 amide bonds. The van der Waals surface area contributed by atoms with Crippen LogP contribution in [0.1, 0.15) is 25.1 Å². The topological polar surface area (TPSA) is 37.8 Å². The van der Waals surface area contributed by atoms with Gasteiger partial charge >= 0.3 is 6.18 Å². The lowest BCUT2D eigenvalue weighted by atomic mass is 10.2. The Bertz CT molecular complexity index is 436. The predicted molar refractivity (Wildman–Crippen MR) is 70.6 cm³/mol. The molecule has 1 aromatic heterocycles. The van der Waals surface area contributed by atoms with Crippen LogP contribution in [-0.2, 0) is 6.18 Å². The summed E-state index contributed by atoms with van der Waals surface area (Å²) in [5.41, 5.74) is 0. The number of anilines is 1. The van der Waals surface area contributed by atoms with Gasteiger partial charge in [0.1, 0.15) is 11.0 Å². The molecular weight excluding hydrogens is 299 g/mol. The van der Waals surface area contributed by atoms with Crippen LogP contribution in [-0.4, -0.2) is 27.5 Å². The third-order valence-corrected chi connectivity index (χ3v) is 4.33. The number of hydrogen-bond acceptors (Lipinski definition) is 4. The number of aromatic nitrogens is 2. The summed E-state index contributed by atoms with van der Waals surface area (Å²) < 4.78 is 37.6. The molecule has 0 bridgehead atoms. The molecule has 1 unspecified atom stereocenters. The summed E-state index contributed by atoms with van der Waals surface area (Å²) in [4.78, 5) is 6.63. The summed E-state index contributed by atoms with van der Waals surface area (Å²) in [6.07, 6.45) is -1.14. The highest BCUT2D eigenvalue weighted by Gasteiger charge is 2.35. The van der Waals surface area contributed by atoms with Crippen LogP contribution in [0, 0.1) is 0 Å². The predicted octanol–water partition coefficient (Wildman–Crippen LogP) is 3.85. The van der Waals surface area contributed by atoms with Crippen molar-refractivity contribution in [3.05, 3.63) is 17.0 Å². The standard InChI is InChI=1S/C11H13ClF3N3S/c12-8-5-9(18-10(17-8)11(13,14)15)16-6-7-3-1-2-4-19-7/h5,7H,1-4,6H2,(H,16,17,18). The lowest BCUT2D eigenvalue weighted by molar-refractivity contribution is -0.144. The van der Waals surface area contributed by atoms with E-state index in [2.05, 4.69) is 15.3 Å². The second kappa shape index (κ2) is 6.17. The third-order valence-electron chi connectivity index (χ3n) is 2.73. The Kier molecular flexibility index (Phi) is 4.78. The van der Waals surface area contributed by atoms with Gasteiger partial charge in [-0.15, -0.1) is 0 Å². The zero-order valence-electron chi connectivity index (χ0n) is 10.0. The largest absolute Gasteiger partial charge is 0.451 e. The van der Waals surface area contributed by atoms with Crippen molar-refractivity contribution < 1.29 is 13.2 Å². The molecule has 106 valence electrons. The summed E-state index contributed by atoms with van der Waals surface area (Å²) in [5.74, 6) is 0.0160.